The molecule has 0 aromatic heterocycles. The average molecular weight is 319 g/mol. The van der Waals surface area contributed by atoms with Crippen LogP contribution in [-0.4, -0.2) is 31.2 Å². The summed E-state index contributed by atoms with van der Waals surface area (Å²) >= 11 is 5.84. The number of rotatable bonds is 7. The first-order valence-corrected chi connectivity index (χ1v) is 6.74. The number of hydrogen-bond acceptors (Lipinski definition) is 5. The number of carbonyl (C=O) groups excluding carboxylic acids is 1. The van der Waals surface area contributed by atoms with Gasteiger partial charge in [-0.3, -0.25) is 14.9 Å². The number of halogens is 1. The Labute approximate surface area is 128 Å². The Balaban J connectivity index is 0.00000191. The van der Waals surface area contributed by atoms with Crippen molar-refractivity contribution >= 4 is 23.2 Å². The molecular weight excluding hydrogens is 300 g/mol. The van der Waals surface area contributed by atoms with Crippen molar-refractivity contribution in [1.29, 1.82) is 0 Å². The maximum Gasteiger partial charge on any atom is 0.292 e. The summed E-state index contributed by atoms with van der Waals surface area (Å²) in [6, 6.07) is 2.30. The van der Waals surface area contributed by atoms with E-state index < -0.39 is 16.5 Å². The van der Waals surface area contributed by atoms with Crippen molar-refractivity contribution in [3.8, 4) is 5.75 Å². The molecule has 0 aliphatic rings. The quantitative estimate of drug-likeness (QED) is 0.473. The Kier molecular flexibility index (Phi) is 9.07. The highest BCUT2D eigenvalue weighted by atomic mass is 35.5. The van der Waals surface area contributed by atoms with Gasteiger partial charge in [0.15, 0.2) is 5.02 Å². The van der Waals surface area contributed by atoms with Gasteiger partial charge < -0.3 is 15.2 Å². The highest BCUT2D eigenvalue weighted by Gasteiger charge is 2.20. The number of nitrogens with two attached hydrogens (primary N) is 1. The fraction of sp³-hybridized carbons (Fsp3) is 0.462. The standard InChI is InChI=1S/C11H13ClN2O5.C2H6/c1-18-3-2-4-19-9-6-7(11(13)15)5-8(10(9)12)14(16)17;1-2/h5-6H,2-4H2,1H3,(H2,13,15);1-2H3. The van der Waals surface area contributed by atoms with Gasteiger partial charge in [0.2, 0.25) is 5.91 Å². The average Bonchev–Trinajstić information content (AvgIpc) is 2.46. The summed E-state index contributed by atoms with van der Waals surface area (Å²) in [6.07, 6.45) is 0.585. The number of benzene rings is 1. The number of hydrogen-bond donors (Lipinski definition) is 1. The summed E-state index contributed by atoms with van der Waals surface area (Å²) in [5, 5.41) is 10.7. The third-order valence-electron chi connectivity index (χ3n) is 2.25. The van der Waals surface area contributed by atoms with Crippen LogP contribution in [0.3, 0.4) is 0 Å². The Morgan fingerprint density at radius 1 is 1.38 bits per heavy atom. The number of carbonyl (C=O) groups is 1. The second-order valence-electron chi connectivity index (χ2n) is 3.62. The van der Waals surface area contributed by atoms with E-state index in [2.05, 4.69) is 0 Å². The molecule has 0 fully saturated rings. The van der Waals surface area contributed by atoms with Crippen LogP contribution in [0.1, 0.15) is 30.6 Å². The van der Waals surface area contributed by atoms with Gasteiger partial charge in [0.25, 0.3) is 5.69 Å². The van der Waals surface area contributed by atoms with E-state index in [1.165, 1.54) is 6.07 Å². The molecule has 1 rings (SSSR count). The maximum absolute atomic E-state index is 11.1. The van der Waals surface area contributed by atoms with Gasteiger partial charge in [0.1, 0.15) is 5.75 Å². The van der Waals surface area contributed by atoms with Crippen molar-refractivity contribution in [2.75, 3.05) is 20.3 Å². The van der Waals surface area contributed by atoms with Crippen LogP contribution in [0, 0.1) is 10.1 Å². The molecule has 1 amide bonds. The maximum atomic E-state index is 11.1. The topological polar surface area (TPSA) is 105 Å². The minimum atomic E-state index is -0.790. The molecule has 0 saturated carbocycles. The molecule has 0 aliphatic carbocycles. The van der Waals surface area contributed by atoms with Crippen LogP contribution < -0.4 is 10.5 Å². The summed E-state index contributed by atoms with van der Waals surface area (Å²) in [6.45, 7) is 4.74. The Bertz CT molecular complexity index is 494. The first kappa shape index (κ1) is 19.1. The fourth-order valence-electron chi connectivity index (χ4n) is 1.35. The highest BCUT2D eigenvalue weighted by molar-refractivity contribution is 6.34. The zero-order valence-corrected chi connectivity index (χ0v) is 13.0. The molecule has 21 heavy (non-hydrogen) atoms. The third-order valence-corrected chi connectivity index (χ3v) is 2.63. The Morgan fingerprint density at radius 2 is 2.00 bits per heavy atom. The molecule has 0 spiro atoms. The minimum Gasteiger partial charge on any atom is -0.492 e. The number of amides is 1. The lowest BCUT2D eigenvalue weighted by Gasteiger charge is -2.09. The zero-order chi connectivity index (χ0) is 16.4. The Morgan fingerprint density at radius 3 is 2.48 bits per heavy atom. The van der Waals surface area contributed by atoms with Crippen molar-refractivity contribution in [2.45, 2.75) is 20.3 Å². The van der Waals surface area contributed by atoms with Gasteiger partial charge in [-0.25, -0.2) is 0 Å². The van der Waals surface area contributed by atoms with Crippen LogP contribution in [0.5, 0.6) is 5.75 Å². The zero-order valence-electron chi connectivity index (χ0n) is 12.2. The van der Waals surface area contributed by atoms with Crippen LogP contribution in [0.15, 0.2) is 12.1 Å². The largest absolute Gasteiger partial charge is 0.492 e. The SMILES string of the molecule is CC.COCCCOc1cc(C(N)=O)cc([N+](=O)[O-])c1Cl. The van der Waals surface area contributed by atoms with E-state index in [0.717, 1.165) is 6.07 Å². The first-order chi connectivity index (χ1) is 9.97. The lowest BCUT2D eigenvalue weighted by molar-refractivity contribution is -0.384. The minimum absolute atomic E-state index is 0.0298. The van der Waals surface area contributed by atoms with E-state index in [1.54, 1.807) is 7.11 Å². The smallest absolute Gasteiger partial charge is 0.292 e. The van der Waals surface area contributed by atoms with E-state index >= 15 is 0 Å². The molecule has 0 aliphatic heterocycles. The van der Waals surface area contributed by atoms with E-state index in [1.807, 2.05) is 13.8 Å². The number of ether oxygens (including phenoxy) is 2. The van der Waals surface area contributed by atoms with Crippen molar-refractivity contribution in [1.82, 2.24) is 0 Å². The molecule has 0 heterocycles. The third kappa shape index (κ3) is 5.97. The molecule has 0 atom stereocenters. The molecular formula is C13H19ClN2O5. The van der Waals surface area contributed by atoms with Crippen LogP contribution in [0.4, 0.5) is 5.69 Å². The molecule has 0 unspecified atom stereocenters. The van der Waals surface area contributed by atoms with E-state index in [9.17, 15) is 14.9 Å². The summed E-state index contributed by atoms with van der Waals surface area (Å²) in [5.41, 5.74) is 4.65. The van der Waals surface area contributed by atoms with Gasteiger partial charge in [-0.05, 0) is 6.07 Å². The highest BCUT2D eigenvalue weighted by Crippen LogP contribution is 2.35. The molecule has 1 aromatic carbocycles. The second-order valence-corrected chi connectivity index (χ2v) is 4.00. The molecule has 7 nitrogen and oxygen atoms in total. The molecule has 2 N–H and O–H groups in total. The van der Waals surface area contributed by atoms with Gasteiger partial charge in [-0.2, -0.15) is 0 Å². The second kappa shape index (κ2) is 9.95. The number of nitro groups is 1. The summed E-state index contributed by atoms with van der Waals surface area (Å²) < 4.78 is 10.1. The van der Waals surface area contributed by atoms with Gasteiger partial charge >= 0.3 is 0 Å². The van der Waals surface area contributed by atoms with Crippen molar-refractivity contribution in [2.24, 2.45) is 5.73 Å². The van der Waals surface area contributed by atoms with Crippen LogP contribution in [0.25, 0.3) is 0 Å². The van der Waals surface area contributed by atoms with E-state index in [0.29, 0.717) is 13.0 Å². The van der Waals surface area contributed by atoms with Crippen LogP contribution >= 0.6 is 11.6 Å². The molecule has 118 valence electrons. The molecule has 0 radical (unpaired) electrons. The normalized spacial score (nSPS) is 9.52. The Hall–Kier alpha value is -1.86. The lowest BCUT2D eigenvalue weighted by Crippen LogP contribution is -2.12. The van der Waals surface area contributed by atoms with Gasteiger partial charge in [0.05, 0.1) is 11.5 Å². The van der Waals surface area contributed by atoms with Gasteiger partial charge in [0, 0.05) is 31.8 Å². The number of primary amides is 1. The van der Waals surface area contributed by atoms with E-state index in [-0.39, 0.29) is 22.9 Å². The predicted octanol–water partition coefficient (Wildman–Crippen LogP) is 2.79. The molecule has 0 bridgehead atoms. The van der Waals surface area contributed by atoms with Crippen molar-refractivity contribution in [3.05, 3.63) is 32.8 Å². The number of methoxy groups -OCH3 is 1. The first-order valence-electron chi connectivity index (χ1n) is 6.36. The molecule has 0 saturated heterocycles. The van der Waals surface area contributed by atoms with Crippen molar-refractivity contribution < 1.29 is 19.2 Å². The van der Waals surface area contributed by atoms with Crippen LogP contribution in [-0.2, 0) is 4.74 Å². The van der Waals surface area contributed by atoms with Gasteiger partial charge in [-0.1, -0.05) is 25.4 Å². The van der Waals surface area contributed by atoms with Gasteiger partial charge in [-0.15, -0.1) is 0 Å². The summed E-state index contributed by atoms with van der Waals surface area (Å²) in [5.74, 6) is -0.734. The summed E-state index contributed by atoms with van der Waals surface area (Å²) in [4.78, 5) is 21.2. The number of nitro benzene ring substituents is 1. The molecule has 8 heteroatoms. The van der Waals surface area contributed by atoms with E-state index in [4.69, 9.17) is 26.8 Å². The van der Waals surface area contributed by atoms with Crippen molar-refractivity contribution in [3.63, 3.8) is 0 Å². The lowest BCUT2D eigenvalue weighted by atomic mass is 10.2. The van der Waals surface area contributed by atoms with Crippen LogP contribution in [0.2, 0.25) is 5.02 Å². The molecule has 1 aromatic rings. The monoisotopic (exact) mass is 318 g/mol. The predicted molar refractivity (Wildman–Crippen MR) is 80.0 cm³/mol. The number of nitrogens with zero attached hydrogens (tertiary/aromatic N) is 1. The summed E-state index contributed by atoms with van der Waals surface area (Å²) in [7, 11) is 1.55. The fourth-order valence-corrected chi connectivity index (χ4v) is 1.58.